The second-order valence-electron chi connectivity index (χ2n) is 5.54. The second kappa shape index (κ2) is 6.72. The van der Waals surface area contributed by atoms with Crippen LogP contribution in [0.3, 0.4) is 0 Å². The van der Waals surface area contributed by atoms with Crippen molar-refractivity contribution in [2.45, 2.75) is 44.6 Å². The maximum Gasteiger partial charge on any atom is 0.307 e. The summed E-state index contributed by atoms with van der Waals surface area (Å²) in [4.78, 5) is 23.5. The molecule has 1 atom stereocenters. The van der Waals surface area contributed by atoms with E-state index in [4.69, 9.17) is 5.11 Å². The minimum absolute atomic E-state index is 0.0558. The Labute approximate surface area is 124 Å². The molecule has 5 nitrogen and oxygen atoms in total. The van der Waals surface area contributed by atoms with E-state index < -0.39 is 11.5 Å². The van der Waals surface area contributed by atoms with Crippen molar-refractivity contribution in [3.05, 3.63) is 29.8 Å². The van der Waals surface area contributed by atoms with Crippen LogP contribution in [-0.2, 0) is 16.0 Å². The third-order valence-corrected chi connectivity index (χ3v) is 3.96. The van der Waals surface area contributed by atoms with Gasteiger partial charge in [-0.05, 0) is 37.4 Å². The molecule has 0 spiro atoms. The van der Waals surface area contributed by atoms with Gasteiger partial charge in [0, 0.05) is 5.69 Å². The predicted molar refractivity (Wildman–Crippen MR) is 81.3 cm³/mol. The number of nitrogens with one attached hydrogen (secondary N) is 2. The number of carboxylic acid groups (broad SMARTS) is 1. The Bertz CT molecular complexity index is 522. The summed E-state index contributed by atoms with van der Waals surface area (Å²) >= 11 is 0. The first-order chi connectivity index (χ1) is 10.1. The SMILES string of the molecule is CCCC1(C(=O)Nc2ccccc2CC(=O)O)CCCN1. The molecule has 1 amide bonds. The summed E-state index contributed by atoms with van der Waals surface area (Å²) in [7, 11) is 0. The van der Waals surface area contributed by atoms with Crippen LogP contribution in [0.2, 0.25) is 0 Å². The molecule has 0 saturated carbocycles. The number of aliphatic carboxylic acids is 1. The fraction of sp³-hybridized carbons (Fsp3) is 0.500. The van der Waals surface area contributed by atoms with Crippen molar-refractivity contribution >= 4 is 17.6 Å². The number of rotatable bonds is 6. The summed E-state index contributed by atoms with van der Waals surface area (Å²) in [5.41, 5.74) is 0.711. The van der Waals surface area contributed by atoms with E-state index in [0.717, 1.165) is 32.2 Å². The van der Waals surface area contributed by atoms with Crippen LogP contribution in [0.25, 0.3) is 0 Å². The quantitative estimate of drug-likeness (QED) is 0.750. The third kappa shape index (κ3) is 3.61. The molecule has 0 bridgehead atoms. The molecule has 0 aliphatic carbocycles. The molecule has 3 N–H and O–H groups in total. The van der Waals surface area contributed by atoms with E-state index in [1.807, 2.05) is 0 Å². The van der Waals surface area contributed by atoms with Crippen LogP contribution < -0.4 is 10.6 Å². The third-order valence-electron chi connectivity index (χ3n) is 3.96. The van der Waals surface area contributed by atoms with Gasteiger partial charge in [-0.3, -0.25) is 9.59 Å². The van der Waals surface area contributed by atoms with Gasteiger partial charge in [0.2, 0.25) is 5.91 Å². The topological polar surface area (TPSA) is 78.4 Å². The molecule has 5 heteroatoms. The lowest BCUT2D eigenvalue weighted by molar-refractivity contribution is -0.136. The van der Waals surface area contributed by atoms with Crippen molar-refractivity contribution in [2.75, 3.05) is 11.9 Å². The molecular weight excluding hydrogens is 268 g/mol. The van der Waals surface area contributed by atoms with E-state index in [9.17, 15) is 9.59 Å². The smallest absolute Gasteiger partial charge is 0.307 e. The average molecular weight is 290 g/mol. The number of amides is 1. The number of anilines is 1. The molecule has 114 valence electrons. The molecule has 1 aliphatic rings. The predicted octanol–water partition coefficient (Wildman–Crippen LogP) is 2.17. The van der Waals surface area contributed by atoms with Crippen molar-refractivity contribution in [1.82, 2.24) is 5.32 Å². The monoisotopic (exact) mass is 290 g/mol. The zero-order chi connectivity index (χ0) is 15.3. The van der Waals surface area contributed by atoms with E-state index in [2.05, 4.69) is 17.6 Å². The average Bonchev–Trinajstić information content (AvgIpc) is 2.91. The highest BCUT2D eigenvalue weighted by atomic mass is 16.4. The zero-order valence-electron chi connectivity index (χ0n) is 12.3. The van der Waals surface area contributed by atoms with Gasteiger partial charge in [-0.1, -0.05) is 31.5 Å². The first kappa shape index (κ1) is 15.5. The van der Waals surface area contributed by atoms with Gasteiger partial charge < -0.3 is 15.7 Å². The van der Waals surface area contributed by atoms with E-state index in [1.165, 1.54) is 0 Å². The van der Waals surface area contributed by atoms with Crippen molar-refractivity contribution in [2.24, 2.45) is 0 Å². The van der Waals surface area contributed by atoms with Gasteiger partial charge in [-0.15, -0.1) is 0 Å². The minimum Gasteiger partial charge on any atom is -0.481 e. The molecule has 0 aromatic heterocycles. The standard InChI is InChI=1S/C16H22N2O3/c1-2-8-16(9-5-10-17-16)15(21)18-13-7-4-3-6-12(13)11-14(19)20/h3-4,6-7,17H,2,5,8-11H2,1H3,(H,18,21)(H,19,20). The highest BCUT2D eigenvalue weighted by molar-refractivity contribution is 5.99. The number of para-hydroxylation sites is 1. The minimum atomic E-state index is -0.904. The Morgan fingerprint density at radius 2 is 2.14 bits per heavy atom. The van der Waals surface area contributed by atoms with Crippen LogP contribution >= 0.6 is 0 Å². The molecular formula is C16H22N2O3. The van der Waals surface area contributed by atoms with E-state index in [1.54, 1.807) is 24.3 Å². The molecule has 0 radical (unpaired) electrons. The Balaban J connectivity index is 2.17. The van der Waals surface area contributed by atoms with Crippen molar-refractivity contribution in [1.29, 1.82) is 0 Å². The molecule has 1 fully saturated rings. The molecule has 1 saturated heterocycles. The summed E-state index contributed by atoms with van der Waals surface area (Å²) in [5, 5.41) is 15.2. The number of benzene rings is 1. The summed E-state index contributed by atoms with van der Waals surface area (Å²) in [6.45, 7) is 2.91. The largest absolute Gasteiger partial charge is 0.481 e. The van der Waals surface area contributed by atoms with Crippen LogP contribution in [0.5, 0.6) is 0 Å². The molecule has 1 heterocycles. The highest BCUT2D eigenvalue weighted by Crippen LogP contribution is 2.27. The van der Waals surface area contributed by atoms with Gasteiger partial charge in [-0.25, -0.2) is 0 Å². The van der Waals surface area contributed by atoms with Gasteiger partial charge in [0.25, 0.3) is 0 Å². The Hall–Kier alpha value is -1.88. The maximum atomic E-state index is 12.6. The Morgan fingerprint density at radius 1 is 1.38 bits per heavy atom. The lowest BCUT2D eigenvalue weighted by atomic mass is 9.90. The molecule has 1 aromatic rings. The molecule has 21 heavy (non-hydrogen) atoms. The van der Waals surface area contributed by atoms with Gasteiger partial charge in [0.1, 0.15) is 0 Å². The first-order valence-electron chi connectivity index (χ1n) is 7.43. The van der Waals surface area contributed by atoms with Gasteiger partial charge >= 0.3 is 5.97 Å². The Morgan fingerprint density at radius 3 is 2.76 bits per heavy atom. The lowest BCUT2D eigenvalue weighted by Gasteiger charge is -2.28. The van der Waals surface area contributed by atoms with Crippen LogP contribution in [-0.4, -0.2) is 29.1 Å². The van der Waals surface area contributed by atoms with Crippen LogP contribution in [0, 0.1) is 0 Å². The number of carboxylic acids is 1. The summed E-state index contributed by atoms with van der Waals surface area (Å²) in [6.07, 6.45) is 3.44. The zero-order valence-corrected chi connectivity index (χ0v) is 12.3. The van der Waals surface area contributed by atoms with Crippen molar-refractivity contribution < 1.29 is 14.7 Å². The molecule has 1 aromatic carbocycles. The van der Waals surface area contributed by atoms with E-state index in [-0.39, 0.29) is 12.3 Å². The van der Waals surface area contributed by atoms with Crippen molar-refractivity contribution in [3.8, 4) is 0 Å². The van der Waals surface area contributed by atoms with Crippen LogP contribution in [0.4, 0.5) is 5.69 Å². The summed E-state index contributed by atoms with van der Waals surface area (Å²) in [5.74, 6) is -0.960. The van der Waals surface area contributed by atoms with Crippen LogP contribution in [0.15, 0.2) is 24.3 Å². The first-order valence-corrected chi connectivity index (χ1v) is 7.43. The van der Waals surface area contributed by atoms with Crippen LogP contribution in [0.1, 0.15) is 38.2 Å². The van der Waals surface area contributed by atoms with E-state index >= 15 is 0 Å². The lowest BCUT2D eigenvalue weighted by Crippen LogP contribution is -2.50. The van der Waals surface area contributed by atoms with Gasteiger partial charge in [0.05, 0.1) is 12.0 Å². The number of hydrogen-bond donors (Lipinski definition) is 3. The molecule has 1 aliphatic heterocycles. The number of carbonyl (C=O) groups excluding carboxylic acids is 1. The fourth-order valence-corrected chi connectivity index (χ4v) is 2.96. The maximum absolute atomic E-state index is 12.6. The number of hydrogen-bond acceptors (Lipinski definition) is 3. The highest BCUT2D eigenvalue weighted by Gasteiger charge is 2.40. The fourth-order valence-electron chi connectivity index (χ4n) is 2.96. The number of carbonyl (C=O) groups is 2. The van der Waals surface area contributed by atoms with Gasteiger partial charge in [0.15, 0.2) is 0 Å². The molecule has 2 rings (SSSR count). The normalized spacial score (nSPS) is 21.2. The van der Waals surface area contributed by atoms with Gasteiger partial charge in [-0.2, -0.15) is 0 Å². The Kier molecular flexibility index (Phi) is 4.96. The molecule has 1 unspecified atom stereocenters. The van der Waals surface area contributed by atoms with Crippen molar-refractivity contribution in [3.63, 3.8) is 0 Å². The van der Waals surface area contributed by atoms with E-state index in [0.29, 0.717) is 11.3 Å². The second-order valence-corrected chi connectivity index (χ2v) is 5.54. The summed E-state index contributed by atoms with van der Waals surface area (Å²) in [6, 6.07) is 7.07. The summed E-state index contributed by atoms with van der Waals surface area (Å²) < 4.78 is 0.